The van der Waals surface area contributed by atoms with Crippen LogP contribution in [0.25, 0.3) is 10.2 Å². The van der Waals surface area contributed by atoms with E-state index in [4.69, 9.17) is 0 Å². The van der Waals surface area contributed by atoms with Crippen LogP contribution in [-0.4, -0.2) is 4.98 Å². The molecule has 0 saturated heterocycles. The number of hydrogen-bond donors (Lipinski definition) is 1. The van der Waals surface area contributed by atoms with Crippen molar-refractivity contribution in [2.75, 3.05) is 5.32 Å². The van der Waals surface area contributed by atoms with Crippen molar-refractivity contribution in [1.29, 1.82) is 0 Å². The number of fused-ring (bicyclic) bond motifs is 1. The van der Waals surface area contributed by atoms with Crippen LogP contribution in [-0.2, 0) is 6.18 Å². The Morgan fingerprint density at radius 2 is 1.90 bits per heavy atom. The minimum atomic E-state index is -4.35. The van der Waals surface area contributed by atoms with Crippen LogP contribution in [0.15, 0.2) is 42.5 Å². The lowest BCUT2D eigenvalue weighted by atomic mass is 10.2. The Hall–Kier alpha value is -1.35. The summed E-state index contributed by atoms with van der Waals surface area (Å²) in [5.41, 5.74) is 0.529. The van der Waals surface area contributed by atoms with Crippen molar-refractivity contribution in [1.82, 2.24) is 4.98 Å². The highest BCUT2D eigenvalue weighted by Crippen LogP contribution is 2.34. The van der Waals surface area contributed by atoms with Gasteiger partial charge in [-0.15, -0.1) is 0 Å². The van der Waals surface area contributed by atoms with E-state index < -0.39 is 11.7 Å². The van der Waals surface area contributed by atoms with Gasteiger partial charge < -0.3 is 5.32 Å². The van der Waals surface area contributed by atoms with Gasteiger partial charge in [0.05, 0.1) is 15.8 Å². The fourth-order valence-corrected chi connectivity index (χ4v) is 3.26. The third kappa shape index (κ3) is 3.29. The molecule has 0 unspecified atom stereocenters. The van der Waals surface area contributed by atoms with Crippen molar-refractivity contribution in [3.8, 4) is 0 Å². The first-order chi connectivity index (χ1) is 9.91. The smallest absolute Gasteiger partial charge is 0.331 e. The molecule has 1 heterocycles. The number of benzene rings is 2. The van der Waals surface area contributed by atoms with Crippen molar-refractivity contribution in [2.45, 2.75) is 6.18 Å². The normalized spacial score (nSPS) is 11.8. The van der Waals surface area contributed by atoms with Crippen LogP contribution >= 0.6 is 33.9 Å². The fraction of sp³-hybridized carbons (Fsp3) is 0.0714. The monoisotopic (exact) mass is 420 g/mol. The van der Waals surface area contributed by atoms with Gasteiger partial charge in [-0.05, 0) is 59.0 Å². The summed E-state index contributed by atoms with van der Waals surface area (Å²) in [5, 5.41) is 3.69. The van der Waals surface area contributed by atoms with Gasteiger partial charge in [0.25, 0.3) is 0 Å². The number of alkyl halides is 3. The molecule has 3 rings (SSSR count). The second kappa shape index (κ2) is 5.45. The molecule has 0 radical (unpaired) electrons. The standard InChI is InChI=1S/C14H8F3IN2S/c15-14(16,17)8-4-5-12-11(6-8)20-13(21-12)19-10-3-1-2-9(18)7-10/h1-7H,(H,19,20). The highest BCUT2D eigenvalue weighted by molar-refractivity contribution is 14.1. The number of nitrogens with one attached hydrogen (secondary N) is 1. The molecule has 2 nitrogen and oxygen atoms in total. The van der Waals surface area contributed by atoms with Gasteiger partial charge in [-0.25, -0.2) is 4.98 Å². The van der Waals surface area contributed by atoms with Crippen LogP contribution in [0.3, 0.4) is 0 Å². The lowest BCUT2D eigenvalue weighted by Crippen LogP contribution is -2.03. The third-order valence-corrected chi connectivity index (χ3v) is 4.41. The van der Waals surface area contributed by atoms with Crippen LogP contribution in [0, 0.1) is 3.57 Å². The molecule has 0 fully saturated rings. The van der Waals surface area contributed by atoms with Crippen LogP contribution in [0.2, 0.25) is 0 Å². The van der Waals surface area contributed by atoms with E-state index in [9.17, 15) is 13.2 Å². The average Bonchev–Trinajstić information content (AvgIpc) is 2.78. The van der Waals surface area contributed by atoms with Crippen molar-refractivity contribution < 1.29 is 13.2 Å². The molecule has 1 aromatic heterocycles. The predicted octanol–water partition coefficient (Wildman–Crippen LogP) is 5.66. The van der Waals surface area contributed by atoms with Crippen molar-refractivity contribution in [2.24, 2.45) is 0 Å². The summed E-state index contributed by atoms with van der Waals surface area (Å²) in [5.74, 6) is 0. The summed E-state index contributed by atoms with van der Waals surface area (Å²) in [7, 11) is 0. The van der Waals surface area contributed by atoms with Crippen molar-refractivity contribution >= 4 is 55.0 Å². The zero-order valence-electron chi connectivity index (χ0n) is 10.4. The quantitative estimate of drug-likeness (QED) is 0.541. The summed E-state index contributed by atoms with van der Waals surface area (Å²) in [4.78, 5) is 4.22. The van der Waals surface area contributed by atoms with E-state index in [1.807, 2.05) is 24.3 Å². The number of nitrogens with zero attached hydrogens (tertiary/aromatic N) is 1. The molecule has 108 valence electrons. The largest absolute Gasteiger partial charge is 0.416 e. The Bertz CT molecular complexity index is 798. The summed E-state index contributed by atoms with van der Waals surface area (Å²) >= 11 is 3.52. The van der Waals surface area contributed by atoms with E-state index in [1.54, 1.807) is 0 Å². The van der Waals surface area contributed by atoms with E-state index in [-0.39, 0.29) is 0 Å². The lowest BCUT2D eigenvalue weighted by Gasteiger charge is -2.04. The van der Waals surface area contributed by atoms with Crippen LogP contribution in [0.5, 0.6) is 0 Å². The number of anilines is 2. The number of aromatic nitrogens is 1. The Labute approximate surface area is 136 Å². The first-order valence-corrected chi connectivity index (χ1v) is 7.82. The highest BCUT2D eigenvalue weighted by atomic mass is 127. The Kier molecular flexibility index (Phi) is 3.78. The van der Waals surface area contributed by atoms with Gasteiger partial charge in [-0.1, -0.05) is 17.4 Å². The first kappa shape index (κ1) is 14.6. The molecule has 0 aliphatic rings. The van der Waals surface area contributed by atoms with Gasteiger partial charge in [0.15, 0.2) is 5.13 Å². The zero-order valence-corrected chi connectivity index (χ0v) is 13.4. The second-order valence-electron chi connectivity index (χ2n) is 4.33. The molecule has 0 aliphatic carbocycles. The molecular formula is C14H8F3IN2S. The molecule has 1 N–H and O–H groups in total. The first-order valence-electron chi connectivity index (χ1n) is 5.92. The average molecular weight is 420 g/mol. The minimum Gasteiger partial charge on any atom is -0.331 e. The molecule has 3 aromatic rings. The summed E-state index contributed by atoms with van der Waals surface area (Å²) in [6, 6.07) is 11.3. The molecule has 0 aliphatic heterocycles. The Morgan fingerprint density at radius 1 is 1.10 bits per heavy atom. The minimum absolute atomic E-state index is 0.350. The molecule has 0 bridgehead atoms. The van der Waals surface area contributed by atoms with Gasteiger partial charge >= 0.3 is 6.18 Å². The Morgan fingerprint density at radius 3 is 2.62 bits per heavy atom. The van der Waals surface area contributed by atoms with E-state index in [0.717, 1.165) is 26.1 Å². The number of rotatable bonds is 2. The summed E-state index contributed by atoms with van der Waals surface area (Å²) in [6.07, 6.45) is -4.35. The second-order valence-corrected chi connectivity index (χ2v) is 6.61. The van der Waals surface area contributed by atoms with Gasteiger partial charge in [0.2, 0.25) is 0 Å². The zero-order chi connectivity index (χ0) is 15.0. The van der Waals surface area contributed by atoms with Crippen LogP contribution in [0.4, 0.5) is 24.0 Å². The maximum absolute atomic E-state index is 12.7. The van der Waals surface area contributed by atoms with E-state index in [0.29, 0.717) is 10.6 Å². The maximum atomic E-state index is 12.7. The summed E-state index contributed by atoms with van der Waals surface area (Å²) in [6.45, 7) is 0. The van der Waals surface area contributed by atoms with Crippen molar-refractivity contribution in [3.63, 3.8) is 0 Å². The maximum Gasteiger partial charge on any atom is 0.416 e. The molecule has 0 amide bonds. The van der Waals surface area contributed by atoms with Crippen LogP contribution in [0.1, 0.15) is 5.56 Å². The highest BCUT2D eigenvalue weighted by Gasteiger charge is 2.30. The van der Waals surface area contributed by atoms with E-state index in [1.165, 1.54) is 17.4 Å². The van der Waals surface area contributed by atoms with Gasteiger partial charge in [0.1, 0.15) is 0 Å². The fourth-order valence-electron chi connectivity index (χ4n) is 1.85. The number of hydrogen-bond acceptors (Lipinski definition) is 3. The number of halogens is 4. The number of thiazole rings is 1. The van der Waals surface area contributed by atoms with Gasteiger partial charge in [-0.3, -0.25) is 0 Å². The molecule has 0 spiro atoms. The molecule has 0 atom stereocenters. The van der Waals surface area contributed by atoms with Crippen molar-refractivity contribution in [3.05, 3.63) is 51.6 Å². The van der Waals surface area contributed by atoms with E-state index >= 15 is 0 Å². The van der Waals surface area contributed by atoms with Gasteiger partial charge in [-0.2, -0.15) is 13.2 Å². The Balaban J connectivity index is 1.94. The lowest BCUT2D eigenvalue weighted by molar-refractivity contribution is -0.137. The van der Waals surface area contributed by atoms with E-state index in [2.05, 4.69) is 32.9 Å². The predicted molar refractivity (Wildman–Crippen MR) is 87.1 cm³/mol. The van der Waals surface area contributed by atoms with Gasteiger partial charge in [0, 0.05) is 9.26 Å². The third-order valence-electron chi connectivity index (χ3n) is 2.79. The molecule has 7 heteroatoms. The van der Waals surface area contributed by atoms with Crippen LogP contribution < -0.4 is 5.32 Å². The SMILES string of the molecule is FC(F)(F)c1ccc2sc(Nc3cccc(I)c3)nc2c1. The molecular weight excluding hydrogens is 412 g/mol. The molecule has 21 heavy (non-hydrogen) atoms. The topological polar surface area (TPSA) is 24.9 Å². The molecule has 2 aromatic carbocycles. The molecule has 0 saturated carbocycles. The summed E-state index contributed by atoms with van der Waals surface area (Å²) < 4.78 is 39.8.